The molecular formula is C15H20ClFO2. The second kappa shape index (κ2) is 6.21. The lowest BCUT2D eigenvalue weighted by Crippen LogP contribution is -2.39. The predicted octanol–water partition coefficient (Wildman–Crippen LogP) is 3.18. The molecule has 0 atom stereocenters. The number of rotatable bonds is 5. The van der Waals surface area contributed by atoms with Crippen LogP contribution in [0.25, 0.3) is 0 Å². The van der Waals surface area contributed by atoms with Crippen molar-refractivity contribution in [2.24, 2.45) is 11.3 Å². The quantitative estimate of drug-likeness (QED) is 0.873. The van der Waals surface area contributed by atoms with Crippen LogP contribution in [0, 0.1) is 17.2 Å². The topological polar surface area (TPSA) is 40.5 Å². The molecule has 106 valence electrons. The summed E-state index contributed by atoms with van der Waals surface area (Å²) >= 11 is 6.05. The van der Waals surface area contributed by atoms with E-state index in [1.54, 1.807) is 12.1 Å². The molecule has 1 saturated carbocycles. The largest absolute Gasteiger partial charge is 0.396 e. The summed E-state index contributed by atoms with van der Waals surface area (Å²) < 4.78 is 13.9. The third-order valence-electron chi connectivity index (χ3n) is 4.44. The number of hydrogen-bond acceptors (Lipinski definition) is 2. The normalized spacial score (nSPS) is 17.1. The predicted molar refractivity (Wildman–Crippen MR) is 73.7 cm³/mol. The van der Waals surface area contributed by atoms with E-state index in [4.69, 9.17) is 11.6 Å². The minimum Gasteiger partial charge on any atom is -0.396 e. The van der Waals surface area contributed by atoms with Crippen LogP contribution in [-0.2, 0) is 6.42 Å². The molecule has 2 nitrogen and oxygen atoms in total. The Labute approximate surface area is 118 Å². The molecule has 2 rings (SSSR count). The molecule has 1 aliphatic carbocycles. The van der Waals surface area contributed by atoms with Crippen LogP contribution in [0.4, 0.5) is 4.39 Å². The first-order valence-electron chi connectivity index (χ1n) is 6.77. The second-order valence-corrected chi connectivity index (χ2v) is 5.94. The molecule has 19 heavy (non-hydrogen) atoms. The highest BCUT2D eigenvalue weighted by Gasteiger charge is 2.40. The average molecular weight is 287 g/mol. The van der Waals surface area contributed by atoms with Crippen LogP contribution >= 0.6 is 11.6 Å². The van der Waals surface area contributed by atoms with Crippen molar-refractivity contribution in [3.63, 3.8) is 0 Å². The molecule has 0 saturated heterocycles. The van der Waals surface area contributed by atoms with Crippen LogP contribution < -0.4 is 0 Å². The van der Waals surface area contributed by atoms with Gasteiger partial charge in [0.05, 0.1) is 13.2 Å². The molecule has 0 aliphatic heterocycles. The molecule has 0 amide bonds. The van der Waals surface area contributed by atoms with E-state index in [1.165, 1.54) is 6.07 Å². The number of aliphatic hydroxyl groups is 2. The molecule has 1 aliphatic rings. The molecule has 1 fully saturated rings. The van der Waals surface area contributed by atoms with Gasteiger partial charge in [-0.2, -0.15) is 0 Å². The third kappa shape index (κ3) is 2.93. The van der Waals surface area contributed by atoms with E-state index >= 15 is 0 Å². The maximum absolute atomic E-state index is 13.9. The van der Waals surface area contributed by atoms with Gasteiger partial charge in [-0.25, -0.2) is 4.39 Å². The highest BCUT2D eigenvalue weighted by atomic mass is 35.5. The van der Waals surface area contributed by atoms with Crippen molar-refractivity contribution >= 4 is 11.6 Å². The lowest BCUT2D eigenvalue weighted by molar-refractivity contribution is 0.00515. The zero-order valence-electron chi connectivity index (χ0n) is 10.9. The SMILES string of the molecule is OCC(CO)(Cc1c(F)cccc1Cl)C1CCCC1. The zero-order chi connectivity index (χ0) is 13.9. The highest BCUT2D eigenvalue weighted by molar-refractivity contribution is 6.31. The fraction of sp³-hybridized carbons (Fsp3) is 0.600. The van der Waals surface area contributed by atoms with Gasteiger partial charge in [0.1, 0.15) is 5.82 Å². The molecule has 0 unspecified atom stereocenters. The first-order valence-corrected chi connectivity index (χ1v) is 7.15. The Balaban J connectivity index is 2.30. The van der Waals surface area contributed by atoms with E-state index in [2.05, 4.69) is 0 Å². The zero-order valence-corrected chi connectivity index (χ0v) is 11.7. The Morgan fingerprint density at radius 1 is 1.21 bits per heavy atom. The van der Waals surface area contributed by atoms with E-state index in [9.17, 15) is 14.6 Å². The van der Waals surface area contributed by atoms with Gasteiger partial charge >= 0.3 is 0 Å². The monoisotopic (exact) mass is 286 g/mol. The van der Waals surface area contributed by atoms with Gasteiger partial charge in [0.2, 0.25) is 0 Å². The minimum absolute atomic E-state index is 0.140. The Bertz CT molecular complexity index is 406. The molecule has 0 spiro atoms. The highest BCUT2D eigenvalue weighted by Crippen LogP contribution is 2.43. The summed E-state index contributed by atoms with van der Waals surface area (Å²) in [6.07, 6.45) is 4.46. The summed E-state index contributed by atoms with van der Waals surface area (Å²) in [5, 5.41) is 19.9. The molecule has 1 aromatic rings. The Morgan fingerprint density at radius 2 is 1.84 bits per heavy atom. The summed E-state index contributed by atoms with van der Waals surface area (Å²) in [4.78, 5) is 0. The molecule has 4 heteroatoms. The molecular weight excluding hydrogens is 267 g/mol. The molecule has 2 N–H and O–H groups in total. The van der Waals surface area contributed by atoms with E-state index < -0.39 is 5.41 Å². The van der Waals surface area contributed by atoms with E-state index in [-0.39, 0.29) is 31.4 Å². The number of hydrogen-bond donors (Lipinski definition) is 2. The Kier molecular flexibility index (Phi) is 4.82. The third-order valence-corrected chi connectivity index (χ3v) is 4.80. The lowest BCUT2D eigenvalue weighted by atomic mass is 9.71. The molecule has 0 aromatic heterocycles. The Hall–Kier alpha value is -0.640. The first kappa shape index (κ1) is 14.8. The summed E-state index contributed by atoms with van der Waals surface area (Å²) in [6, 6.07) is 4.58. The van der Waals surface area contributed by atoms with Crippen molar-refractivity contribution in [2.45, 2.75) is 32.1 Å². The van der Waals surface area contributed by atoms with Crippen LogP contribution in [0.3, 0.4) is 0 Å². The Morgan fingerprint density at radius 3 is 2.37 bits per heavy atom. The van der Waals surface area contributed by atoms with E-state index in [0.29, 0.717) is 10.6 Å². The van der Waals surface area contributed by atoms with Gasteiger partial charge in [-0.05, 0) is 37.3 Å². The average Bonchev–Trinajstić information content (AvgIpc) is 2.94. The van der Waals surface area contributed by atoms with Crippen LogP contribution in [0.1, 0.15) is 31.2 Å². The summed E-state index contributed by atoms with van der Waals surface area (Å²) in [5.41, 5.74) is -0.262. The number of benzene rings is 1. The van der Waals surface area contributed by atoms with Crippen LogP contribution in [0.2, 0.25) is 5.02 Å². The molecule has 0 bridgehead atoms. The van der Waals surface area contributed by atoms with Crippen LogP contribution in [0.5, 0.6) is 0 Å². The van der Waals surface area contributed by atoms with Gasteiger partial charge in [-0.1, -0.05) is 30.5 Å². The van der Waals surface area contributed by atoms with Crippen LogP contribution in [0.15, 0.2) is 18.2 Å². The maximum atomic E-state index is 13.9. The van der Waals surface area contributed by atoms with Gasteiger partial charge in [0.15, 0.2) is 0 Å². The van der Waals surface area contributed by atoms with Gasteiger partial charge in [0, 0.05) is 16.0 Å². The van der Waals surface area contributed by atoms with Crippen LogP contribution in [-0.4, -0.2) is 23.4 Å². The molecule has 1 aromatic carbocycles. The van der Waals surface area contributed by atoms with Gasteiger partial charge in [0.25, 0.3) is 0 Å². The standard InChI is InChI=1S/C15H20ClFO2/c16-13-6-3-7-14(17)12(13)8-15(9-18,10-19)11-4-1-2-5-11/h3,6-7,11,18-19H,1-2,4-5,8-10H2. The summed E-state index contributed by atoms with van der Waals surface area (Å²) in [6.45, 7) is -0.280. The lowest BCUT2D eigenvalue weighted by Gasteiger charge is -2.36. The van der Waals surface area contributed by atoms with E-state index in [0.717, 1.165) is 25.7 Å². The fourth-order valence-electron chi connectivity index (χ4n) is 3.16. The summed E-state index contributed by atoms with van der Waals surface area (Å²) in [7, 11) is 0. The van der Waals surface area contributed by atoms with Crippen molar-refractivity contribution in [3.05, 3.63) is 34.6 Å². The second-order valence-electron chi connectivity index (χ2n) is 5.54. The smallest absolute Gasteiger partial charge is 0.127 e. The van der Waals surface area contributed by atoms with Gasteiger partial charge in [-0.15, -0.1) is 0 Å². The van der Waals surface area contributed by atoms with Gasteiger partial charge < -0.3 is 10.2 Å². The van der Waals surface area contributed by atoms with Crippen molar-refractivity contribution in [3.8, 4) is 0 Å². The van der Waals surface area contributed by atoms with Crippen molar-refractivity contribution in [2.75, 3.05) is 13.2 Å². The molecule has 0 heterocycles. The fourth-order valence-corrected chi connectivity index (χ4v) is 3.39. The van der Waals surface area contributed by atoms with Crippen molar-refractivity contribution < 1.29 is 14.6 Å². The minimum atomic E-state index is -0.664. The van der Waals surface area contributed by atoms with Gasteiger partial charge in [-0.3, -0.25) is 0 Å². The van der Waals surface area contributed by atoms with Crippen molar-refractivity contribution in [1.82, 2.24) is 0 Å². The number of halogens is 2. The molecule has 0 radical (unpaired) electrons. The van der Waals surface area contributed by atoms with Crippen molar-refractivity contribution in [1.29, 1.82) is 0 Å². The first-order chi connectivity index (χ1) is 9.13. The summed E-state index contributed by atoms with van der Waals surface area (Å²) in [5.74, 6) is -0.130. The number of aliphatic hydroxyl groups excluding tert-OH is 2. The maximum Gasteiger partial charge on any atom is 0.127 e. The van der Waals surface area contributed by atoms with E-state index in [1.807, 2.05) is 0 Å².